The van der Waals surface area contributed by atoms with Gasteiger partial charge >= 0.3 is 0 Å². The molecule has 1 heterocycles. The van der Waals surface area contributed by atoms with Crippen molar-refractivity contribution in [3.8, 4) is 0 Å². The Kier molecular flexibility index (Phi) is 6.82. The topological polar surface area (TPSA) is 75.7 Å². The van der Waals surface area contributed by atoms with E-state index in [1.54, 1.807) is 18.2 Å². The molecule has 3 rings (SSSR count). The van der Waals surface area contributed by atoms with Crippen LogP contribution in [0, 0.1) is 5.82 Å². The second kappa shape index (κ2) is 9.13. The first-order chi connectivity index (χ1) is 13.4. The van der Waals surface area contributed by atoms with Crippen LogP contribution >= 0.6 is 15.9 Å². The molecule has 0 radical (unpaired) electrons. The molecule has 1 fully saturated rings. The van der Waals surface area contributed by atoms with Crippen LogP contribution in [0.25, 0.3) is 0 Å². The molecule has 1 aliphatic rings. The third-order valence-electron chi connectivity index (χ3n) is 4.39. The van der Waals surface area contributed by atoms with Gasteiger partial charge in [0.25, 0.3) is 5.91 Å². The minimum Gasteiger partial charge on any atom is -0.379 e. The minimum atomic E-state index is -3.67. The molecule has 0 aliphatic carbocycles. The number of carbonyl (C=O) groups is 1. The molecule has 0 aromatic heterocycles. The zero-order valence-electron chi connectivity index (χ0n) is 15.0. The van der Waals surface area contributed by atoms with Gasteiger partial charge in [-0.25, -0.2) is 12.8 Å². The highest BCUT2D eigenvalue weighted by Crippen LogP contribution is 2.19. The quantitative estimate of drug-likeness (QED) is 0.703. The summed E-state index contributed by atoms with van der Waals surface area (Å²) in [7, 11) is -3.67. The largest absolute Gasteiger partial charge is 0.379 e. The number of ether oxygens (including phenoxy) is 1. The minimum absolute atomic E-state index is 0.0695. The van der Waals surface area contributed by atoms with Gasteiger partial charge in [0, 0.05) is 29.7 Å². The van der Waals surface area contributed by atoms with Gasteiger partial charge in [0.1, 0.15) is 5.82 Å². The van der Waals surface area contributed by atoms with Crippen molar-refractivity contribution >= 4 is 31.9 Å². The molecule has 0 bridgehead atoms. The van der Waals surface area contributed by atoms with Crippen molar-refractivity contribution in [3.63, 3.8) is 0 Å². The first-order valence-corrected chi connectivity index (χ1v) is 11.0. The zero-order valence-corrected chi connectivity index (χ0v) is 17.4. The number of nitrogens with zero attached hydrogens (tertiary/aromatic N) is 1. The number of amides is 1. The summed E-state index contributed by atoms with van der Waals surface area (Å²) >= 11 is 3.29. The van der Waals surface area contributed by atoms with Gasteiger partial charge in [0.2, 0.25) is 10.0 Å². The van der Waals surface area contributed by atoms with Crippen LogP contribution in [0.2, 0.25) is 0 Å². The first-order valence-electron chi connectivity index (χ1n) is 8.78. The number of morpholine rings is 1. The van der Waals surface area contributed by atoms with Crippen LogP contribution in [-0.4, -0.2) is 51.5 Å². The van der Waals surface area contributed by atoms with Gasteiger partial charge in [-0.15, -0.1) is 0 Å². The molecule has 0 unspecified atom stereocenters. The van der Waals surface area contributed by atoms with Crippen molar-refractivity contribution in [2.75, 3.05) is 32.8 Å². The summed E-state index contributed by atoms with van der Waals surface area (Å²) in [6.45, 7) is 1.51. The number of benzene rings is 2. The maximum absolute atomic E-state index is 13.8. The number of carbonyl (C=O) groups excluding carboxylic acids is 1. The Balaban J connectivity index is 1.66. The highest BCUT2D eigenvalue weighted by Gasteiger charge is 2.26. The van der Waals surface area contributed by atoms with E-state index in [0.717, 1.165) is 4.47 Å². The van der Waals surface area contributed by atoms with E-state index in [4.69, 9.17) is 4.74 Å². The Morgan fingerprint density at radius 3 is 2.68 bits per heavy atom. The SMILES string of the molecule is O=C(NCCc1cc(Br)ccc1F)c1cccc(S(=O)(=O)N2CCOCC2)c1. The van der Waals surface area contributed by atoms with Gasteiger partial charge in [-0.05, 0) is 48.4 Å². The van der Waals surface area contributed by atoms with Crippen LogP contribution in [-0.2, 0) is 21.2 Å². The molecule has 0 saturated carbocycles. The molecule has 1 aliphatic heterocycles. The van der Waals surface area contributed by atoms with Crippen LogP contribution in [0.5, 0.6) is 0 Å². The van der Waals surface area contributed by atoms with Gasteiger partial charge < -0.3 is 10.1 Å². The summed E-state index contributed by atoms with van der Waals surface area (Å²) in [5, 5.41) is 2.70. The van der Waals surface area contributed by atoms with Gasteiger partial charge in [0.05, 0.1) is 18.1 Å². The maximum Gasteiger partial charge on any atom is 0.251 e. The molecule has 1 amide bonds. The van der Waals surface area contributed by atoms with E-state index in [1.165, 1.54) is 28.6 Å². The standard InChI is InChI=1S/C19H20BrFN2O4S/c20-16-4-5-18(21)14(12-16)6-7-22-19(24)15-2-1-3-17(13-15)28(25,26)23-8-10-27-11-9-23/h1-5,12-13H,6-11H2,(H,22,24). The molecule has 1 saturated heterocycles. The van der Waals surface area contributed by atoms with E-state index >= 15 is 0 Å². The molecular formula is C19H20BrFN2O4S. The van der Waals surface area contributed by atoms with Gasteiger partial charge in [0.15, 0.2) is 0 Å². The van der Waals surface area contributed by atoms with Gasteiger partial charge in [-0.3, -0.25) is 4.79 Å². The lowest BCUT2D eigenvalue weighted by Gasteiger charge is -2.26. The molecule has 9 heteroatoms. The molecule has 28 heavy (non-hydrogen) atoms. The molecule has 0 spiro atoms. The van der Waals surface area contributed by atoms with Crippen molar-refractivity contribution in [1.29, 1.82) is 0 Å². The third-order valence-corrected chi connectivity index (χ3v) is 6.78. The molecule has 2 aromatic rings. The van der Waals surface area contributed by atoms with Crippen molar-refractivity contribution in [2.45, 2.75) is 11.3 Å². The highest BCUT2D eigenvalue weighted by atomic mass is 79.9. The third kappa shape index (κ3) is 4.96. The second-order valence-electron chi connectivity index (χ2n) is 6.29. The maximum atomic E-state index is 13.8. The summed E-state index contributed by atoms with van der Waals surface area (Å²) in [6, 6.07) is 10.6. The average molecular weight is 471 g/mol. The molecule has 150 valence electrons. The van der Waals surface area contributed by atoms with Crippen LogP contribution in [0.4, 0.5) is 4.39 Å². The fourth-order valence-electron chi connectivity index (χ4n) is 2.88. The number of hydrogen-bond acceptors (Lipinski definition) is 4. The van der Waals surface area contributed by atoms with Crippen molar-refractivity contribution in [3.05, 3.63) is 63.9 Å². The lowest BCUT2D eigenvalue weighted by atomic mass is 10.1. The van der Waals surface area contributed by atoms with E-state index in [2.05, 4.69) is 21.2 Å². The van der Waals surface area contributed by atoms with E-state index in [0.29, 0.717) is 25.2 Å². The van der Waals surface area contributed by atoms with Gasteiger partial charge in [-0.2, -0.15) is 4.31 Å². The Labute approximate surface area is 171 Å². The number of sulfonamides is 1. The van der Waals surface area contributed by atoms with Gasteiger partial charge in [-0.1, -0.05) is 22.0 Å². The molecule has 6 nitrogen and oxygen atoms in total. The second-order valence-corrected chi connectivity index (χ2v) is 9.14. The normalized spacial score (nSPS) is 15.4. The first kappa shape index (κ1) is 20.9. The predicted molar refractivity (Wildman–Crippen MR) is 106 cm³/mol. The smallest absolute Gasteiger partial charge is 0.251 e. The molecule has 2 aromatic carbocycles. The van der Waals surface area contributed by atoms with E-state index in [-0.39, 0.29) is 35.9 Å². The van der Waals surface area contributed by atoms with Crippen LogP contribution in [0.1, 0.15) is 15.9 Å². The zero-order chi connectivity index (χ0) is 20.1. The summed E-state index contributed by atoms with van der Waals surface area (Å²) in [5.74, 6) is -0.745. The number of nitrogens with one attached hydrogen (secondary N) is 1. The Morgan fingerprint density at radius 2 is 1.93 bits per heavy atom. The van der Waals surface area contributed by atoms with E-state index in [1.807, 2.05) is 0 Å². The predicted octanol–water partition coefficient (Wildman–Crippen LogP) is 2.58. The number of halogens is 2. The van der Waals surface area contributed by atoms with E-state index < -0.39 is 15.9 Å². The highest BCUT2D eigenvalue weighted by molar-refractivity contribution is 9.10. The average Bonchev–Trinajstić information content (AvgIpc) is 2.71. The van der Waals surface area contributed by atoms with Crippen LogP contribution in [0.3, 0.4) is 0 Å². The molecule has 0 atom stereocenters. The summed E-state index contributed by atoms with van der Waals surface area (Å²) in [5.41, 5.74) is 0.724. The fraction of sp³-hybridized carbons (Fsp3) is 0.316. The lowest BCUT2D eigenvalue weighted by Crippen LogP contribution is -2.40. The number of rotatable bonds is 6. The Bertz CT molecular complexity index is 962. The van der Waals surface area contributed by atoms with Crippen molar-refractivity contribution < 1.29 is 22.3 Å². The van der Waals surface area contributed by atoms with E-state index in [9.17, 15) is 17.6 Å². The summed E-state index contributed by atoms with van der Waals surface area (Å²) in [4.78, 5) is 12.5. The lowest BCUT2D eigenvalue weighted by molar-refractivity contribution is 0.0730. The van der Waals surface area contributed by atoms with Crippen molar-refractivity contribution in [2.24, 2.45) is 0 Å². The number of hydrogen-bond donors (Lipinski definition) is 1. The van der Waals surface area contributed by atoms with Crippen LogP contribution < -0.4 is 5.32 Å². The Hall–Kier alpha value is -1.81. The summed E-state index contributed by atoms with van der Waals surface area (Å²) < 4.78 is 46.5. The molecular weight excluding hydrogens is 451 g/mol. The monoisotopic (exact) mass is 470 g/mol. The Morgan fingerprint density at radius 1 is 1.18 bits per heavy atom. The van der Waals surface area contributed by atoms with Crippen LogP contribution in [0.15, 0.2) is 51.8 Å². The van der Waals surface area contributed by atoms with Crippen molar-refractivity contribution in [1.82, 2.24) is 9.62 Å². The fourth-order valence-corrected chi connectivity index (χ4v) is 4.74. The molecule has 1 N–H and O–H groups in total. The summed E-state index contributed by atoms with van der Waals surface area (Å²) in [6.07, 6.45) is 0.322.